The van der Waals surface area contributed by atoms with Gasteiger partial charge in [-0.3, -0.25) is 4.90 Å². The molecule has 0 amide bonds. The van der Waals surface area contributed by atoms with Crippen LogP contribution in [0.1, 0.15) is 22.5 Å². The average molecular weight is 374 g/mol. The summed E-state index contributed by atoms with van der Waals surface area (Å²) in [5, 5.41) is 7.62. The van der Waals surface area contributed by atoms with Gasteiger partial charge in [0.15, 0.2) is 15.8 Å². The Balaban J connectivity index is 1.80. The molecule has 0 atom stereocenters. The van der Waals surface area contributed by atoms with E-state index in [9.17, 15) is 8.42 Å². The number of nitrogens with one attached hydrogen (secondary N) is 2. The molecule has 2 rings (SSSR count). The summed E-state index contributed by atoms with van der Waals surface area (Å²) in [6.45, 7) is 10.3. The smallest absolute Gasteiger partial charge is 0.191 e. The van der Waals surface area contributed by atoms with E-state index in [1.54, 1.807) is 11.3 Å². The molecule has 2 heterocycles. The van der Waals surface area contributed by atoms with Crippen LogP contribution in [0.5, 0.6) is 0 Å². The van der Waals surface area contributed by atoms with Gasteiger partial charge in [-0.05, 0) is 20.8 Å². The van der Waals surface area contributed by atoms with Crippen LogP contribution in [0.25, 0.3) is 0 Å². The first kappa shape index (κ1) is 19.1. The summed E-state index contributed by atoms with van der Waals surface area (Å²) in [7, 11) is -2.81. The number of guanidine groups is 1. The highest BCUT2D eigenvalue weighted by atomic mass is 32.2. The fourth-order valence-corrected chi connectivity index (χ4v) is 4.66. The first-order valence-corrected chi connectivity index (χ1v) is 10.9. The van der Waals surface area contributed by atoms with Gasteiger partial charge in [0.25, 0.3) is 0 Å². The van der Waals surface area contributed by atoms with Crippen molar-refractivity contribution in [3.63, 3.8) is 0 Å². The molecular formula is C15H27N5O2S2. The van der Waals surface area contributed by atoms with Crippen molar-refractivity contribution < 1.29 is 8.42 Å². The molecule has 1 aromatic rings. The minimum absolute atomic E-state index is 0.269. The third kappa shape index (κ3) is 6.03. The van der Waals surface area contributed by atoms with Crippen molar-refractivity contribution in [1.82, 2.24) is 20.5 Å². The Morgan fingerprint density at radius 1 is 1.29 bits per heavy atom. The van der Waals surface area contributed by atoms with Crippen LogP contribution in [0.15, 0.2) is 4.99 Å². The van der Waals surface area contributed by atoms with Crippen LogP contribution in [0.3, 0.4) is 0 Å². The molecule has 1 aliphatic rings. The quantitative estimate of drug-likeness (QED) is 0.559. The van der Waals surface area contributed by atoms with Gasteiger partial charge in [-0.15, -0.1) is 11.3 Å². The molecule has 0 spiro atoms. The summed E-state index contributed by atoms with van der Waals surface area (Å²) < 4.78 is 22.9. The number of hydrogen-bond donors (Lipinski definition) is 2. The van der Waals surface area contributed by atoms with Gasteiger partial charge in [0.05, 0.1) is 28.8 Å². The molecule has 1 fully saturated rings. The van der Waals surface area contributed by atoms with E-state index < -0.39 is 9.84 Å². The van der Waals surface area contributed by atoms with E-state index in [0.717, 1.165) is 36.3 Å². The SMILES string of the molecule is CCNC(=NCc1sc(C)nc1C)NCCN1CCS(=O)(=O)CC1. The summed E-state index contributed by atoms with van der Waals surface area (Å²) in [4.78, 5) is 12.4. The second-order valence-electron chi connectivity index (χ2n) is 5.86. The lowest BCUT2D eigenvalue weighted by Gasteiger charge is -2.26. The number of nitrogens with zero attached hydrogens (tertiary/aromatic N) is 3. The highest BCUT2D eigenvalue weighted by molar-refractivity contribution is 7.91. The molecule has 0 saturated carbocycles. The molecule has 0 bridgehead atoms. The average Bonchev–Trinajstić information content (AvgIpc) is 2.84. The van der Waals surface area contributed by atoms with E-state index >= 15 is 0 Å². The first-order valence-electron chi connectivity index (χ1n) is 8.27. The summed E-state index contributed by atoms with van der Waals surface area (Å²) in [5.74, 6) is 1.32. The topological polar surface area (TPSA) is 86.7 Å². The summed E-state index contributed by atoms with van der Waals surface area (Å²) in [5.41, 5.74) is 1.05. The second kappa shape index (κ2) is 8.77. The molecule has 0 radical (unpaired) electrons. The molecule has 1 aliphatic heterocycles. The summed E-state index contributed by atoms with van der Waals surface area (Å²) >= 11 is 1.68. The molecule has 0 unspecified atom stereocenters. The van der Waals surface area contributed by atoms with Crippen molar-refractivity contribution in [2.45, 2.75) is 27.3 Å². The number of hydrogen-bond acceptors (Lipinski definition) is 6. The van der Waals surface area contributed by atoms with Crippen LogP contribution >= 0.6 is 11.3 Å². The highest BCUT2D eigenvalue weighted by Crippen LogP contribution is 2.17. The summed E-state index contributed by atoms with van der Waals surface area (Å²) in [6.07, 6.45) is 0. The third-order valence-corrected chi connectivity index (χ3v) is 6.55. The number of aryl methyl sites for hydroxylation is 2. The van der Waals surface area contributed by atoms with Crippen LogP contribution in [0.2, 0.25) is 0 Å². The van der Waals surface area contributed by atoms with Gasteiger partial charge in [-0.25, -0.2) is 18.4 Å². The maximum atomic E-state index is 11.4. The molecule has 24 heavy (non-hydrogen) atoms. The highest BCUT2D eigenvalue weighted by Gasteiger charge is 2.20. The standard InChI is InChI=1S/C15H27N5O2S2/c1-4-16-15(18-11-14-12(2)19-13(3)23-14)17-5-6-20-7-9-24(21,22)10-8-20/h4-11H2,1-3H3,(H2,16,17,18). The molecular weight excluding hydrogens is 346 g/mol. The van der Waals surface area contributed by atoms with Gasteiger partial charge in [-0.2, -0.15) is 0 Å². The minimum Gasteiger partial charge on any atom is -0.357 e. The maximum Gasteiger partial charge on any atom is 0.191 e. The Labute approximate surface area is 148 Å². The number of thiazole rings is 1. The second-order valence-corrected chi connectivity index (χ2v) is 9.45. The largest absolute Gasteiger partial charge is 0.357 e. The van der Waals surface area contributed by atoms with E-state index in [-0.39, 0.29) is 11.5 Å². The Kier molecular flexibility index (Phi) is 7.00. The van der Waals surface area contributed by atoms with Gasteiger partial charge < -0.3 is 10.6 Å². The zero-order chi connectivity index (χ0) is 17.6. The van der Waals surface area contributed by atoms with Crippen molar-refractivity contribution in [3.05, 3.63) is 15.6 Å². The number of sulfone groups is 1. The zero-order valence-corrected chi connectivity index (χ0v) is 16.3. The molecule has 7 nitrogen and oxygen atoms in total. The van der Waals surface area contributed by atoms with Gasteiger partial charge in [0.2, 0.25) is 0 Å². The van der Waals surface area contributed by atoms with E-state index in [1.165, 1.54) is 4.88 Å². The van der Waals surface area contributed by atoms with Gasteiger partial charge in [0.1, 0.15) is 0 Å². The van der Waals surface area contributed by atoms with Crippen LogP contribution in [-0.4, -0.2) is 68.5 Å². The lowest BCUT2D eigenvalue weighted by Crippen LogP contribution is -2.45. The van der Waals surface area contributed by atoms with Gasteiger partial charge in [0, 0.05) is 37.6 Å². The lowest BCUT2D eigenvalue weighted by atomic mass is 10.4. The first-order chi connectivity index (χ1) is 11.4. The van der Waals surface area contributed by atoms with Crippen LogP contribution in [0.4, 0.5) is 0 Å². The van der Waals surface area contributed by atoms with Crippen LogP contribution in [0, 0.1) is 13.8 Å². The zero-order valence-electron chi connectivity index (χ0n) is 14.6. The molecule has 1 saturated heterocycles. The van der Waals surface area contributed by atoms with Crippen molar-refractivity contribution in [2.75, 3.05) is 44.2 Å². The predicted octanol–water partition coefficient (Wildman–Crippen LogP) is 0.545. The van der Waals surface area contributed by atoms with Crippen molar-refractivity contribution in [3.8, 4) is 0 Å². The van der Waals surface area contributed by atoms with E-state index in [0.29, 0.717) is 19.6 Å². The van der Waals surface area contributed by atoms with Gasteiger partial charge in [-0.1, -0.05) is 0 Å². The molecule has 9 heteroatoms. The molecule has 0 aliphatic carbocycles. The van der Waals surface area contributed by atoms with Crippen LogP contribution < -0.4 is 10.6 Å². The normalized spacial score (nSPS) is 18.5. The van der Waals surface area contributed by atoms with Crippen LogP contribution in [-0.2, 0) is 16.4 Å². The van der Waals surface area contributed by atoms with Crippen molar-refractivity contribution >= 4 is 27.1 Å². The molecule has 136 valence electrons. The summed E-state index contributed by atoms with van der Waals surface area (Å²) in [6, 6.07) is 0. The lowest BCUT2D eigenvalue weighted by molar-refractivity contribution is 0.299. The maximum absolute atomic E-state index is 11.4. The van der Waals surface area contributed by atoms with E-state index in [1.807, 2.05) is 20.8 Å². The van der Waals surface area contributed by atoms with Crippen molar-refractivity contribution in [1.29, 1.82) is 0 Å². The predicted molar refractivity (Wildman–Crippen MR) is 99.5 cm³/mol. The van der Waals surface area contributed by atoms with E-state index in [2.05, 4.69) is 25.5 Å². The van der Waals surface area contributed by atoms with Gasteiger partial charge >= 0.3 is 0 Å². The minimum atomic E-state index is -2.81. The fourth-order valence-electron chi connectivity index (χ4n) is 2.52. The Hall–Kier alpha value is -1.19. The fraction of sp³-hybridized carbons (Fsp3) is 0.733. The molecule has 2 N–H and O–H groups in total. The Bertz CT molecular complexity index is 655. The third-order valence-electron chi connectivity index (χ3n) is 3.88. The number of rotatable bonds is 6. The Morgan fingerprint density at radius 3 is 2.58 bits per heavy atom. The van der Waals surface area contributed by atoms with E-state index in [4.69, 9.17) is 0 Å². The number of aromatic nitrogens is 1. The monoisotopic (exact) mass is 373 g/mol. The Morgan fingerprint density at radius 2 is 2.00 bits per heavy atom. The molecule has 0 aromatic carbocycles. The number of aliphatic imine (C=N–C) groups is 1. The molecule has 1 aromatic heterocycles. The van der Waals surface area contributed by atoms with Crippen molar-refractivity contribution in [2.24, 2.45) is 4.99 Å².